The lowest BCUT2D eigenvalue weighted by molar-refractivity contribution is -0.119. The van der Waals surface area contributed by atoms with E-state index >= 15 is 0 Å². The number of nitrogens with zero attached hydrogens (tertiary/aromatic N) is 1. The summed E-state index contributed by atoms with van der Waals surface area (Å²) in [5.74, 6) is -1.44. The van der Waals surface area contributed by atoms with Crippen LogP contribution in [0, 0.1) is 5.82 Å². The first-order chi connectivity index (χ1) is 8.54. The van der Waals surface area contributed by atoms with Gasteiger partial charge in [-0.1, -0.05) is 25.5 Å². The van der Waals surface area contributed by atoms with Crippen molar-refractivity contribution >= 4 is 5.91 Å². The molecule has 100 valence electrons. The zero-order chi connectivity index (χ0) is 13.5. The molecule has 0 unspecified atom stereocenters. The van der Waals surface area contributed by atoms with Gasteiger partial charge in [-0.25, -0.2) is 4.39 Å². The number of phenolic OH excluding ortho intramolecular Hbond substituents is 1. The van der Waals surface area contributed by atoms with Gasteiger partial charge in [-0.3, -0.25) is 9.69 Å². The van der Waals surface area contributed by atoms with E-state index < -0.39 is 11.7 Å². The van der Waals surface area contributed by atoms with Crippen molar-refractivity contribution in [2.45, 2.75) is 26.3 Å². The Labute approximate surface area is 106 Å². The van der Waals surface area contributed by atoms with Crippen LogP contribution >= 0.6 is 0 Å². The molecule has 4 nitrogen and oxygen atoms in total. The second kappa shape index (κ2) is 6.96. The Bertz CT molecular complexity index is 410. The summed E-state index contributed by atoms with van der Waals surface area (Å²) in [6, 6.07) is 4.37. The number of amides is 1. The SMILES string of the molecule is CCCCN(CC(N)=O)Cc1cccc(F)c1O. The fourth-order valence-electron chi connectivity index (χ4n) is 1.74. The first-order valence-corrected chi connectivity index (χ1v) is 6.01. The van der Waals surface area contributed by atoms with E-state index in [-0.39, 0.29) is 12.3 Å². The maximum atomic E-state index is 13.2. The van der Waals surface area contributed by atoms with Crippen molar-refractivity contribution in [1.82, 2.24) is 4.90 Å². The number of para-hydroxylation sites is 1. The van der Waals surface area contributed by atoms with Gasteiger partial charge < -0.3 is 10.8 Å². The normalized spacial score (nSPS) is 10.8. The molecule has 0 aliphatic heterocycles. The van der Waals surface area contributed by atoms with E-state index in [9.17, 15) is 14.3 Å². The first-order valence-electron chi connectivity index (χ1n) is 6.01. The van der Waals surface area contributed by atoms with Crippen molar-refractivity contribution in [3.8, 4) is 5.75 Å². The fourth-order valence-corrected chi connectivity index (χ4v) is 1.74. The summed E-state index contributed by atoms with van der Waals surface area (Å²) in [7, 11) is 0. The van der Waals surface area contributed by atoms with Crippen LogP contribution in [0.4, 0.5) is 4.39 Å². The molecule has 0 atom stereocenters. The number of carbonyl (C=O) groups is 1. The predicted molar refractivity (Wildman–Crippen MR) is 67.4 cm³/mol. The Hall–Kier alpha value is -1.62. The highest BCUT2D eigenvalue weighted by Crippen LogP contribution is 2.22. The molecule has 1 aromatic rings. The van der Waals surface area contributed by atoms with Gasteiger partial charge in [0.2, 0.25) is 5.91 Å². The van der Waals surface area contributed by atoms with Crippen LogP contribution in [0.25, 0.3) is 0 Å². The van der Waals surface area contributed by atoms with E-state index in [1.54, 1.807) is 11.0 Å². The third-order valence-electron chi connectivity index (χ3n) is 2.67. The van der Waals surface area contributed by atoms with Gasteiger partial charge in [0.05, 0.1) is 6.54 Å². The van der Waals surface area contributed by atoms with Crippen LogP contribution < -0.4 is 5.73 Å². The second-order valence-electron chi connectivity index (χ2n) is 4.28. The van der Waals surface area contributed by atoms with Gasteiger partial charge in [0, 0.05) is 12.1 Å². The van der Waals surface area contributed by atoms with Crippen molar-refractivity contribution in [3.05, 3.63) is 29.6 Å². The molecular weight excluding hydrogens is 235 g/mol. The maximum Gasteiger partial charge on any atom is 0.231 e. The van der Waals surface area contributed by atoms with Gasteiger partial charge in [0.15, 0.2) is 11.6 Å². The zero-order valence-corrected chi connectivity index (χ0v) is 10.5. The molecular formula is C13H19FN2O2. The standard InChI is InChI=1S/C13H19FN2O2/c1-2-3-7-16(9-12(15)17)8-10-5-4-6-11(14)13(10)18/h4-6,18H,2-3,7-9H2,1H3,(H2,15,17). The number of carbonyl (C=O) groups excluding carboxylic acids is 1. The Balaban J connectivity index is 2.75. The Morgan fingerprint density at radius 3 is 2.83 bits per heavy atom. The number of hydrogen-bond donors (Lipinski definition) is 2. The van der Waals surface area contributed by atoms with E-state index in [4.69, 9.17) is 5.73 Å². The highest BCUT2D eigenvalue weighted by Gasteiger charge is 2.13. The van der Waals surface area contributed by atoms with Crippen LogP contribution in [-0.2, 0) is 11.3 Å². The Morgan fingerprint density at radius 2 is 2.22 bits per heavy atom. The molecule has 1 rings (SSSR count). The van der Waals surface area contributed by atoms with E-state index in [1.807, 2.05) is 6.92 Å². The fraction of sp³-hybridized carbons (Fsp3) is 0.462. The molecule has 0 heterocycles. The molecule has 3 N–H and O–H groups in total. The average molecular weight is 254 g/mol. The molecule has 5 heteroatoms. The van der Waals surface area contributed by atoms with E-state index in [0.717, 1.165) is 12.8 Å². The van der Waals surface area contributed by atoms with Crippen LogP contribution in [0.2, 0.25) is 0 Å². The molecule has 0 spiro atoms. The zero-order valence-electron chi connectivity index (χ0n) is 10.5. The monoisotopic (exact) mass is 254 g/mol. The molecule has 0 aliphatic carbocycles. The highest BCUT2D eigenvalue weighted by molar-refractivity contribution is 5.75. The molecule has 0 fully saturated rings. The van der Waals surface area contributed by atoms with Crippen LogP contribution in [0.5, 0.6) is 5.75 Å². The minimum atomic E-state index is -0.651. The molecule has 0 saturated carbocycles. The van der Waals surface area contributed by atoms with Crippen molar-refractivity contribution in [1.29, 1.82) is 0 Å². The quantitative estimate of drug-likeness (QED) is 0.777. The lowest BCUT2D eigenvalue weighted by Gasteiger charge is -2.21. The topological polar surface area (TPSA) is 66.6 Å². The minimum absolute atomic E-state index is 0.107. The molecule has 0 radical (unpaired) electrons. The Kier molecular flexibility index (Phi) is 5.58. The number of rotatable bonds is 7. The van der Waals surface area contributed by atoms with Gasteiger partial charge in [-0.15, -0.1) is 0 Å². The number of benzene rings is 1. The van der Waals surface area contributed by atoms with E-state index in [1.165, 1.54) is 12.1 Å². The predicted octanol–water partition coefficient (Wildman–Crippen LogP) is 1.62. The minimum Gasteiger partial charge on any atom is -0.505 e. The number of primary amides is 1. The summed E-state index contributed by atoms with van der Waals surface area (Å²) < 4.78 is 13.2. The summed E-state index contributed by atoms with van der Waals surface area (Å²) in [5.41, 5.74) is 5.63. The maximum absolute atomic E-state index is 13.2. The number of nitrogens with two attached hydrogens (primary N) is 1. The smallest absolute Gasteiger partial charge is 0.231 e. The molecule has 0 aromatic heterocycles. The van der Waals surface area contributed by atoms with Crippen LogP contribution in [0.1, 0.15) is 25.3 Å². The summed E-state index contributed by atoms with van der Waals surface area (Å²) in [4.78, 5) is 12.8. The van der Waals surface area contributed by atoms with Crippen LogP contribution in [-0.4, -0.2) is 29.0 Å². The van der Waals surface area contributed by atoms with Crippen molar-refractivity contribution in [3.63, 3.8) is 0 Å². The molecule has 0 saturated heterocycles. The van der Waals surface area contributed by atoms with E-state index in [2.05, 4.69) is 0 Å². The van der Waals surface area contributed by atoms with Gasteiger partial charge in [0.1, 0.15) is 0 Å². The Morgan fingerprint density at radius 1 is 1.50 bits per heavy atom. The summed E-state index contributed by atoms with van der Waals surface area (Å²) in [6.45, 7) is 3.15. The molecule has 1 amide bonds. The van der Waals surface area contributed by atoms with Crippen molar-refractivity contribution in [2.75, 3.05) is 13.1 Å². The molecule has 18 heavy (non-hydrogen) atoms. The average Bonchev–Trinajstić information content (AvgIpc) is 2.31. The molecule has 0 bridgehead atoms. The summed E-state index contributed by atoms with van der Waals surface area (Å²) >= 11 is 0. The third kappa shape index (κ3) is 4.33. The lowest BCUT2D eigenvalue weighted by Crippen LogP contribution is -2.34. The van der Waals surface area contributed by atoms with Crippen LogP contribution in [0.15, 0.2) is 18.2 Å². The number of hydrogen-bond acceptors (Lipinski definition) is 3. The molecule has 0 aliphatic rings. The first kappa shape index (κ1) is 14.4. The number of aromatic hydroxyl groups is 1. The van der Waals surface area contributed by atoms with Gasteiger partial charge >= 0.3 is 0 Å². The highest BCUT2D eigenvalue weighted by atomic mass is 19.1. The number of halogens is 1. The van der Waals surface area contributed by atoms with Gasteiger partial charge in [-0.2, -0.15) is 0 Å². The van der Waals surface area contributed by atoms with Crippen molar-refractivity contribution < 1.29 is 14.3 Å². The van der Waals surface area contributed by atoms with Gasteiger partial charge in [0.25, 0.3) is 0 Å². The summed E-state index contributed by atoms with van der Waals surface area (Å²) in [5, 5.41) is 9.59. The van der Waals surface area contributed by atoms with Crippen LogP contribution in [0.3, 0.4) is 0 Å². The lowest BCUT2D eigenvalue weighted by atomic mass is 10.1. The molecule has 1 aromatic carbocycles. The number of phenols is 1. The second-order valence-corrected chi connectivity index (χ2v) is 4.28. The van der Waals surface area contributed by atoms with Crippen molar-refractivity contribution in [2.24, 2.45) is 5.73 Å². The number of unbranched alkanes of at least 4 members (excludes halogenated alkanes) is 1. The van der Waals surface area contributed by atoms with E-state index in [0.29, 0.717) is 18.7 Å². The third-order valence-corrected chi connectivity index (χ3v) is 2.67. The van der Waals surface area contributed by atoms with Gasteiger partial charge in [-0.05, 0) is 19.0 Å². The summed E-state index contributed by atoms with van der Waals surface area (Å²) in [6.07, 6.45) is 1.91. The largest absolute Gasteiger partial charge is 0.505 e.